The summed E-state index contributed by atoms with van der Waals surface area (Å²) < 4.78 is 6.37. The number of hydrogen-bond acceptors (Lipinski definition) is 3. The second-order valence-electron chi connectivity index (χ2n) is 4.79. The number of pyridine rings is 1. The normalized spacial score (nSPS) is 15.6. The molecule has 0 N–H and O–H groups in total. The minimum atomic E-state index is -0.174. The molecule has 0 aliphatic heterocycles. The topological polar surface area (TPSA) is 39.2 Å². The highest BCUT2D eigenvalue weighted by molar-refractivity contribution is 9.10. The fourth-order valence-electron chi connectivity index (χ4n) is 1.96. The quantitative estimate of drug-likeness (QED) is 0.597. The molecule has 1 saturated carbocycles. The van der Waals surface area contributed by atoms with Crippen LogP contribution in [0.25, 0.3) is 0 Å². The van der Waals surface area contributed by atoms with Crippen LogP contribution in [0.3, 0.4) is 0 Å². The first kappa shape index (κ1) is 14.1. The Morgan fingerprint density at radius 3 is 3.00 bits per heavy atom. The summed E-state index contributed by atoms with van der Waals surface area (Å²) in [7, 11) is 0. The molecule has 19 heavy (non-hydrogen) atoms. The Bertz CT molecular complexity index is 491. The van der Waals surface area contributed by atoms with E-state index in [2.05, 4.69) is 26.8 Å². The molecule has 100 valence electrons. The van der Waals surface area contributed by atoms with Gasteiger partial charge in [0.05, 0.1) is 0 Å². The Hall–Kier alpha value is -1.34. The van der Waals surface area contributed by atoms with E-state index in [9.17, 15) is 4.79 Å². The van der Waals surface area contributed by atoms with Gasteiger partial charge in [0, 0.05) is 29.7 Å². The van der Waals surface area contributed by atoms with Gasteiger partial charge in [-0.1, -0.05) is 0 Å². The summed E-state index contributed by atoms with van der Waals surface area (Å²) in [5, 5.41) is 0. The molecule has 0 amide bonds. The third-order valence-corrected chi connectivity index (χ3v) is 3.56. The van der Waals surface area contributed by atoms with Gasteiger partial charge < -0.3 is 4.74 Å². The standard InChI is InChI=1S/C15H16BrNO2/c1-2-3-14(12-5-6-12)19-15(18)7-4-11-8-13(16)10-17-9-11/h1,8-10,12,14H,3-7H2. The minimum Gasteiger partial charge on any atom is -0.461 e. The van der Waals surface area contributed by atoms with Crippen molar-refractivity contribution in [3.05, 3.63) is 28.5 Å². The Kier molecular flexibility index (Phi) is 4.98. The van der Waals surface area contributed by atoms with Gasteiger partial charge in [-0.3, -0.25) is 9.78 Å². The van der Waals surface area contributed by atoms with Crippen LogP contribution in [-0.4, -0.2) is 17.1 Å². The molecule has 1 unspecified atom stereocenters. The maximum atomic E-state index is 11.8. The van der Waals surface area contributed by atoms with Crippen LogP contribution in [-0.2, 0) is 16.0 Å². The molecule has 3 nitrogen and oxygen atoms in total. The molecule has 1 aromatic heterocycles. The van der Waals surface area contributed by atoms with Crippen molar-refractivity contribution in [1.29, 1.82) is 0 Å². The number of ether oxygens (including phenoxy) is 1. The van der Waals surface area contributed by atoms with E-state index >= 15 is 0 Å². The molecule has 4 heteroatoms. The van der Waals surface area contributed by atoms with Gasteiger partial charge in [0.2, 0.25) is 0 Å². The van der Waals surface area contributed by atoms with Gasteiger partial charge in [0.25, 0.3) is 0 Å². The van der Waals surface area contributed by atoms with Crippen molar-refractivity contribution in [3.63, 3.8) is 0 Å². The molecule has 0 aromatic carbocycles. The SMILES string of the molecule is C#CCC(OC(=O)CCc1cncc(Br)c1)C1CC1. The smallest absolute Gasteiger partial charge is 0.306 e. The Balaban J connectivity index is 1.79. The number of halogens is 1. The van der Waals surface area contributed by atoms with E-state index in [0.717, 1.165) is 22.9 Å². The van der Waals surface area contributed by atoms with Gasteiger partial charge in [-0.15, -0.1) is 12.3 Å². The molecule has 1 heterocycles. The van der Waals surface area contributed by atoms with Gasteiger partial charge in [0.15, 0.2) is 0 Å². The van der Waals surface area contributed by atoms with Crippen LogP contribution >= 0.6 is 15.9 Å². The highest BCUT2D eigenvalue weighted by Gasteiger charge is 2.33. The van der Waals surface area contributed by atoms with E-state index in [1.54, 1.807) is 12.4 Å². The zero-order valence-corrected chi connectivity index (χ0v) is 12.2. The zero-order chi connectivity index (χ0) is 13.7. The van der Waals surface area contributed by atoms with E-state index in [1.165, 1.54) is 0 Å². The Morgan fingerprint density at radius 2 is 2.37 bits per heavy atom. The van der Waals surface area contributed by atoms with Crippen LogP contribution in [0.2, 0.25) is 0 Å². The first-order valence-electron chi connectivity index (χ1n) is 6.41. The van der Waals surface area contributed by atoms with Crippen LogP contribution in [0.5, 0.6) is 0 Å². The lowest BCUT2D eigenvalue weighted by molar-refractivity contribution is -0.149. The van der Waals surface area contributed by atoms with Crippen LogP contribution in [0.4, 0.5) is 0 Å². The van der Waals surface area contributed by atoms with E-state index in [-0.39, 0.29) is 12.1 Å². The predicted molar refractivity (Wildman–Crippen MR) is 76.3 cm³/mol. The molecule has 1 aliphatic rings. The average Bonchev–Trinajstić information content (AvgIpc) is 3.20. The van der Waals surface area contributed by atoms with Crippen molar-refractivity contribution in [2.45, 2.75) is 38.2 Å². The van der Waals surface area contributed by atoms with Gasteiger partial charge >= 0.3 is 5.97 Å². The Labute approximate surface area is 121 Å². The first-order chi connectivity index (χ1) is 9.19. The monoisotopic (exact) mass is 321 g/mol. The number of esters is 1. The minimum absolute atomic E-state index is 0.0851. The Morgan fingerprint density at radius 1 is 1.58 bits per heavy atom. The summed E-state index contributed by atoms with van der Waals surface area (Å²) in [4.78, 5) is 15.9. The number of carbonyl (C=O) groups is 1. The van der Waals surface area contributed by atoms with Gasteiger partial charge in [-0.05, 0) is 52.7 Å². The number of nitrogens with zero attached hydrogens (tertiary/aromatic N) is 1. The van der Waals surface area contributed by atoms with Gasteiger partial charge in [-0.2, -0.15) is 0 Å². The summed E-state index contributed by atoms with van der Waals surface area (Å²) in [5.74, 6) is 2.89. The van der Waals surface area contributed by atoms with Crippen LogP contribution in [0.1, 0.15) is 31.2 Å². The second-order valence-corrected chi connectivity index (χ2v) is 5.70. The number of terminal acetylenes is 1. The highest BCUT2D eigenvalue weighted by Crippen LogP contribution is 2.35. The maximum Gasteiger partial charge on any atom is 0.306 e. The first-order valence-corrected chi connectivity index (χ1v) is 7.20. The lowest BCUT2D eigenvalue weighted by atomic mass is 10.1. The number of carbonyl (C=O) groups excluding carboxylic acids is 1. The van der Waals surface area contributed by atoms with Gasteiger partial charge in [-0.25, -0.2) is 0 Å². The van der Waals surface area contributed by atoms with E-state index in [1.807, 2.05) is 6.07 Å². The predicted octanol–water partition coefficient (Wildman–Crippen LogP) is 3.12. The number of aromatic nitrogens is 1. The van der Waals surface area contributed by atoms with Crippen molar-refractivity contribution in [2.24, 2.45) is 5.92 Å². The largest absolute Gasteiger partial charge is 0.461 e. The summed E-state index contributed by atoms with van der Waals surface area (Å²) in [6.45, 7) is 0. The summed E-state index contributed by atoms with van der Waals surface area (Å²) in [6.07, 6.45) is 12.5. The summed E-state index contributed by atoms with van der Waals surface area (Å²) in [5.41, 5.74) is 1.02. The molecule has 1 fully saturated rings. The summed E-state index contributed by atoms with van der Waals surface area (Å²) in [6, 6.07) is 1.96. The molecule has 2 rings (SSSR count). The van der Waals surface area contributed by atoms with E-state index in [4.69, 9.17) is 11.2 Å². The molecular weight excluding hydrogens is 306 g/mol. The second kappa shape index (κ2) is 6.72. The third-order valence-electron chi connectivity index (χ3n) is 3.13. The van der Waals surface area contributed by atoms with Gasteiger partial charge in [0.1, 0.15) is 6.10 Å². The van der Waals surface area contributed by atoms with E-state index < -0.39 is 0 Å². The molecule has 0 saturated heterocycles. The molecule has 0 spiro atoms. The van der Waals surface area contributed by atoms with Crippen molar-refractivity contribution in [2.75, 3.05) is 0 Å². The molecule has 1 aliphatic carbocycles. The van der Waals surface area contributed by atoms with Crippen molar-refractivity contribution >= 4 is 21.9 Å². The van der Waals surface area contributed by atoms with Crippen molar-refractivity contribution in [1.82, 2.24) is 4.98 Å². The van der Waals surface area contributed by atoms with Crippen molar-refractivity contribution < 1.29 is 9.53 Å². The van der Waals surface area contributed by atoms with Crippen LogP contribution in [0.15, 0.2) is 22.9 Å². The fraction of sp³-hybridized carbons (Fsp3) is 0.467. The maximum absolute atomic E-state index is 11.8. The highest BCUT2D eigenvalue weighted by atomic mass is 79.9. The molecule has 1 aromatic rings. The fourth-order valence-corrected chi connectivity index (χ4v) is 2.37. The summed E-state index contributed by atoms with van der Waals surface area (Å²) >= 11 is 3.36. The molecular formula is C15H16BrNO2. The third kappa shape index (κ3) is 4.68. The lowest BCUT2D eigenvalue weighted by Gasteiger charge is -2.14. The van der Waals surface area contributed by atoms with Crippen molar-refractivity contribution in [3.8, 4) is 12.3 Å². The number of aryl methyl sites for hydroxylation is 1. The van der Waals surface area contributed by atoms with Crippen LogP contribution in [0, 0.1) is 18.3 Å². The zero-order valence-electron chi connectivity index (χ0n) is 10.6. The lowest BCUT2D eigenvalue weighted by Crippen LogP contribution is -2.20. The van der Waals surface area contributed by atoms with Crippen LogP contribution < -0.4 is 0 Å². The molecule has 0 radical (unpaired) electrons. The number of rotatable bonds is 6. The average molecular weight is 322 g/mol. The van der Waals surface area contributed by atoms with E-state index in [0.29, 0.717) is 25.2 Å². The molecule has 0 bridgehead atoms. The molecule has 1 atom stereocenters. The number of hydrogen-bond donors (Lipinski definition) is 0.